The molecule has 0 bridgehead atoms. The number of nitrogens with two attached hydrogens (primary N) is 1. The lowest BCUT2D eigenvalue weighted by Gasteiger charge is -2.21. The molecule has 1 atom stereocenters. The minimum Gasteiger partial charge on any atom is -0.398 e. The van der Waals surface area contributed by atoms with Crippen molar-refractivity contribution in [2.45, 2.75) is 24.8 Å². The molecular formula is C14H17FN2O2S2. The summed E-state index contributed by atoms with van der Waals surface area (Å²) in [6.07, 6.45) is 0. The summed E-state index contributed by atoms with van der Waals surface area (Å²) in [5, 5.41) is 1.89. The van der Waals surface area contributed by atoms with E-state index in [-0.39, 0.29) is 22.5 Å². The average molecular weight is 328 g/mol. The van der Waals surface area contributed by atoms with E-state index in [1.807, 2.05) is 31.4 Å². The number of sulfonamides is 1. The monoisotopic (exact) mass is 328 g/mol. The smallest absolute Gasteiger partial charge is 0.243 e. The Kier molecular flexibility index (Phi) is 4.65. The second kappa shape index (κ2) is 6.13. The maximum absolute atomic E-state index is 13.1. The van der Waals surface area contributed by atoms with E-state index in [9.17, 15) is 12.8 Å². The molecule has 0 saturated heterocycles. The highest BCUT2D eigenvalue weighted by molar-refractivity contribution is 7.89. The van der Waals surface area contributed by atoms with Gasteiger partial charge in [-0.05, 0) is 35.6 Å². The Morgan fingerprint density at radius 1 is 1.29 bits per heavy atom. The number of thiophene rings is 1. The molecule has 21 heavy (non-hydrogen) atoms. The van der Waals surface area contributed by atoms with Crippen molar-refractivity contribution in [2.24, 2.45) is 5.92 Å². The van der Waals surface area contributed by atoms with Gasteiger partial charge in [-0.15, -0.1) is 11.3 Å². The number of benzene rings is 1. The van der Waals surface area contributed by atoms with Gasteiger partial charge >= 0.3 is 0 Å². The molecule has 0 fully saturated rings. The third kappa shape index (κ3) is 3.61. The van der Waals surface area contributed by atoms with E-state index in [2.05, 4.69) is 4.72 Å². The molecule has 0 aliphatic heterocycles. The molecule has 0 spiro atoms. The lowest BCUT2D eigenvalue weighted by atomic mass is 10.0. The first-order valence-corrected chi connectivity index (χ1v) is 8.78. The summed E-state index contributed by atoms with van der Waals surface area (Å²) in [6, 6.07) is 6.67. The maximum atomic E-state index is 13.1. The van der Waals surface area contributed by atoms with Crippen LogP contribution in [0, 0.1) is 11.7 Å². The number of hydrogen-bond donors (Lipinski definition) is 2. The zero-order chi connectivity index (χ0) is 15.6. The Hall–Kier alpha value is -1.44. The minimum atomic E-state index is -3.81. The third-order valence-electron chi connectivity index (χ3n) is 3.06. The van der Waals surface area contributed by atoms with Crippen molar-refractivity contribution in [3.05, 3.63) is 46.4 Å². The SMILES string of the molecule is CC(C)C(NS(=O)(=O)c1ccc(F)cc1N)c1cccs1. The van der Waals surface area contributed by atoms with Gasteiger partial charge in [-0.3, -0.25) is 0 Å². The maximum Gasteiger partial charge on any atom is 0.243 e. The number of nitrogen functional groups attached to an aromatic ring is 1. The fraction of sp³-hybridized carbons (Fsp3) is 0.286. The molecule has 7 heteroatoms. The van der Waals surface area contributed by atoms with Crippen molar-refractivity contribution in [2.75, 3.05) is 5.73 Å². The van der Waals surface area contributed by atoms with E-state index < -0.39 is 15.8 Å². The number of rotatable bonds is 5. The fourth-order valence-electron chi connectivity index (χ4n) is 1.99. The van der Waals surface area contributed by atoms with Crippen molar-refractivity contribution in [1.82, 2.24) is 4.72 Å². The van der Waals surface area contributed by atoms with E-state index in [4.69, 9.17) is 5.73 Å². The fourth-order valence-corrected chi connectivity index (χ4v) is 4.49. The molecule has 1 aromatic heterocycles. The molecule has 1 unspecified atom stereocenters. The first kappa shape index (κ1) is 15.9. The van der Waals surface area contributed by atoms with E-state index in [1.54, 1.807) is 0 Å². The Morgan fingerprint density at radius 2 is 2.00 bits per heavy atom. The largest absolute Gasteiger partial charge is 0.398 e. The summed E-state index contributed by atoms with van der Waals surface area (Å²) in [6.45, 7) is 3.86. The second-order valence-electron chi connectivity index (χ2n) is 5.04. The van der Waals surface area contributed by atoms with Crippen molar-refractivity contribution in [3.63, 3.8) is 0 Å². The van der Waals surface area contributed by atoms with Crippen LogP contribution in [0.5, 0.6) is 0 Å². The molecule has 2 rings (SSSR count). The Balaban J connectivity index is 2.35. The lowest BCUT2D eigenvalue weighted by molar-refractivity contribution is 0.469. The summed E-state index contributed by atoms with van der Waals surface area (Å²) in [7, 11) is -3.81. The second-order valence-corrected chi connectivity index (χ2v) is 7.70. The van der Waals surface area contributed by atoms with Gasteiger partial charge in [-0.2, -0.15) is 0 Å². The van der Waals surface area contributed by atoms with Crippen LogP contribution in [-0.4, -0.2) is 8.42 Å². The van der Waals surface area contributed by atoms with Crippen LogP contribution in [0.25, 0.3) is 0 Å². The molecule has 0 aliphatic carbocycles. The van der Waals surface area contributed by atoms with Gasteiger partial charge in [-0.25, -0.2) is 17.5 Å². The van der Waals surface area contributed by atoms with E-state index in [0.717, 1.165) is 17.0 Å². The number of anilines is 1. The molecule has 3 N–H and O–H groups in total. The predicted octanol–water partition coefficient (Wildman–Crippen LogP) is 3.15. The van der Waals surface area contributed by atoms with Gasteiger partial charge in [0.25, 0.3) is 0 Å². The van der Waals surface area contributed by atoms with Gasteiger partial charge in [0.1, 0.15) is 10.7 Å². The van der Waals surface area contributed by atoms with E-state index in [1.165, 1.54) is 17.4 Å². The van der Waals surface area contributed by atoms with Crippen LogP contribution < -0.4 is 10.5 Å². The van der Waals surface area contributed by atoms with Crippen LogP contribution in [0.15, 0.2) is 40.6 Å². The average Bonchev–Trinajstić information content (AvgIpc) is 2.88. The summed E-state index contributed by atoms with van der Waals surface area (Å²) >= 11 is 1.48. The van der Waals surface area contributed by atoms with Crippen LogP contribution >= 0.6 is 11.3 Å². The predicted molar refractivity (Wildman–Crippen MR) is 83.0 cm³/mol. The summed E-state index contributed by atoms with van der Waals surface area (Å²) < 4.78 is 40.6. The molecule has 1 heterocycles. The molecule has 0 radical (unpaired) electrons. The normalized spacial score (nSPS) is 13.5. The van der Waals surface area contributed by atoms with Gasteiger partial charge in [0, 0.05) is 4.88 Å². The minimum absolute atomic E-state index is 0.0695. The number of hydrogen-bond acceptors (Lipinski definition) is 4. The zero-order valence-electron chi connectivity index (χ0n) is 11.7. The van der Waals surface area contributed by atoms with Crippen molar-refractivity contribution in [3.8, 4) is 0 Å². The highest BCUT2D eigenvalue weighted by Gasteiger charge is 2.26. The molecule has 1 aromatic carbocycles. The zero-order valence-corrected chi connectivity index (χ0v) is 13.3. The van der Waals surface area contributed by atoms with Crippen molar-refractivity contribution < 1.29 is 12.8 Å². The topological polar surface area (TPSA) is 72.2 Å². The Morgan fingerprint density at radius 3 is 2.52 bits per heavy atom. The van der Waals surface area contributed by atoms with Crippen LogP contribution in [0.1, 0.15) is 24.8 Å². The van der Waals surface area contributed by atoms with Gasteiger partial charge < -0.3 is 5.73 Å². The summed E-state index contributed by atoms with van der Waals surface area (Å²) in [5.41, 5.74) is 5.52. The molecule has 114 valence electrons. The number of nitrogens with one attached hydrogen (secondary N) is 1. The summed E-state index contributed by atoms with van der Waals surface area (Å²) in [4.78, 5) is 0.820. The molecule has 0 saturated carbocycles. The molecular weight excluding hydrogens is 311 g/mol. The van der Waals surface area contributed by atoms with Crippen LogP contribution in [0.4, 0.5) is 10.1 Å². The standard InChI is InChI=1S/C14H17FN2O2S2/c1-9(2)14(12-4-3-7-20-12)17-21(18,19)13-6-5-10(15)8-11(13)16/h3-9,14,17H,16H2,1-2H3. The highest BCUT2D eigenvalue weighted by atomic mass is 32.2. The van der Waals surface area contributed by atoms with Gasteiger partial charge in [0.2, 0.25) is 10.0 Å². The van der Waals surface area contributed by atoms with Gasteiger partial charge in [0.15, 0.2) is 0 Å². The molecule has 0 amide bonds. The van der Waals surface area contributed by atoms with Crippen molar-refractivity contribution in [1.29, 1.82) is 0 Å². The first-order chi connectivity index (χ1) is 9.81. The highest BCUT2D eigenvalue weighted by Crippen LogP contribution is 2.29. The van der Waals surface area contributed by atoms with Gasteiger partial charge in [-0.1, -0.05) is 19.9 Å². The number of halogens is 1. The molecule has 0 aliphatic rings. The first-order valence-electron chi connectivity index (χ1n) is 6.42. The third-order valence-corrected chi connectivity index (χ3v) is 5.53. The molecule has 2 aromatic rings. The van der Waals surface area contributed by atoms with E-state index in [0.29, 0.717) is 0 Å². The lowest BCUT2D eigenvalue weighted by Crippen LogP contribution is -2.31. The molecule has 4 nitrogen and oxygen atoms in total. The Bertz CT molecular complexity index is 713. The van der Waals surface area contributed by atoms with Crippen LogP contribution in [0.3, 0.4) is 0 Å². The van der Waals surface area contributed by atoms with E-state index >= 15 is 0 Å². The Labute approximate surface area is 127 Å². The van der Waals surface area contributed by atoms with Gasteiger partial charge in [0.05, 0.1) is 11.7 Å². The van der Waals surface area contributed by atoms with Crippen molar-refractivity contribution >= 4 is 27.0 Å². The summed E-state index contributed by atoms with van der Waals surface area (Å²) in [5.74, 6) is -0.495. The van der Waals surface area contributed by atoms with Crippen LogP contribution in [-0.2, 0) is 10.0 Å². The van der Waals surface area contributed by atoms with Crippen LogP contribution in [0.2, 0.25) is 0 Å². The quantitative estimate of drug-likeness (QED) is 0.828.